The maximum Gasteiger partial charge on any atom is -0.0138 e. The number of benzene rings is 2. The van der Waals surface area contributed by atoms with Crippen molar-refractivity contribution in [2.45, 2.75) is 0 Å². The first kappa shape index (κ1) is 19.5. The monoisotopic (exact) mass is 430 g/mol. The summed E-state index contributed by atoms with van der Waals surface area (Å²) in [5.41, 5.74) is 0. The first-order chi connectivity index (χ1) is 12.8. The van der Waals surface area contributed by atoms with Gasteiger partial charge in [0.15, 0.2) is 0 Å². The molecular weight excluding hydrogens is 414 g/mol. The minimum Gasteiger partial charge on any atom is -0.214 e. The molecule has 0 aliphatic rings. The summed E-state index contributed by atoms with van der Waals surface area (Å²) in [5, 5.41) is 6.94. The summed E-state index contributed by atoms with van der Waals surface area (Å²) in [7, 11) is 9.51. The number of fused-ring (bicyclic) bond motifs is 2. The molecule has 0 radical (unpaired) electrons. The van der Waals surface area contributed by atoms with Crippen molar-refractivity contribution in [1.29, 1.82) is 0 Å². The van der Waals surface area contributed by atoms with Crippen molar-refractivity contribution in [1.82, 2.24) is 0 Å². The molecule has 0 N–H and O–H groups in total. The van der Waals surface area contributed by atoms with Crippen LogP contribution in [0.1, 0.15) is 0 Å². The average molecular weight is 431 g/mol. The fourth-order valence-electron chi connectivity index (χ4n) is 2.84. The second-order valence-corrected chi connectivity index (χ2v) is 10.1. The molecule has 1 heterocycles. The number of hydrogen-bond donors (Lipinski definition) is 0. The molecule has 0 aliphatic carbocycles. The van der Waals surface area contributed by atoms with Crippen LogP contribution in [0.2, 0.25) is 0 Å². The van der Waals surface area contributed by atoms with Gasteiger partial charge in [-0.05, 0) is 22.4 Å². The van der Waals surface area contributed by atoms with Gasteiger partial charge in [-0.25, -0.2) is 12.1 Å². The topological polar surface area (TPSA) is 0 Å². The minimum atomic E-state index is -0.556. The van der Waals surface area contributed by atoms with Crippen molar-refractivity contribution in [2.75, 3.05) is 0 Å². The zero-order valence-electron chi connectivity index (χ0n) is 14.0. The average Bonchev–Trinajstić information content (AvgIpc) is 3.42. The maximum atomic E-state index is 4.89. The molecule has 1 aromatic heterocycles. The van der Waals surface area contributed by atoms with Crippen LogP contribution in [0.4, 0.5) is 0 Å². The summed E-state index contributed by atoms with van der Waals surface area (Å²) in [6.07, 6.45) is 0. The van der Waals surface area contributed by atoms with Crippen molar-refractivity contribution < 1.29 is 17.0 Å². The number of rotatable bonds is 1. The Balaban J connectivity index is 0.000000207. The van der Waals surface area contributed by atoms with Crippen LogP contribution < -0.4 is 0 Å². The summed E-state index contributed by atoms with van der Waals surface area (Å²) in [6.45, 7) is 0. The van der Waals surface area contributed by atoms with E-state index >= 15 is 0 Å². The van der Waals surface area contributed by atoms with Crippen molar-refractivity contribution >= 4 is 47.7 Å². The zero-order valence-corrected chi connectivity index (χ0v) is 18.0. The fourth-order valence-corrected chi connectivity index (χ4v) is 4.85. The van der Waals surface area contributed by atoms with Crippen LogP contribution in [-0.4, -0.2) is 0 Å². The third-order valence-electron chi connectivity index (χ3n) is 4.01. The van der Waals surface area contributed by atoms with Crippen LogP contribution in [0.15, 0.2) is 103 Å². The molecule has 0 aliphatic heterocycles. The van der Waals surface area contributed by atoms with Gasteiger partial charge in [0.1, 0.15) is 0 Å². The Morgan fingerprint density at radius 3 is 1.77 bits per heavy atom. The minimum absolute atomic E-state index is 0.264. The summed E-state index contributed by atoms with van der Waals surface area (Å²) in [5.74, 6) is 4.83. The van der Waals surface area contributed by atoms with Crippen molar-refractivity contribution in [2.24, 2.45) is 0 Å². The quantitative estimate of drug-likeness (QED) is 0.185. The van der Waals surface area contributed by atoms with E-state index in [9.17, 15) is 0 Å². The van der Waals surface area contributed by atoms with E-state index in [1.807, 2.05) is 30.3 Å². The first-order valence-corrected chi connectivity index (χ1v) is 13.9. The Morgan fingerprint density at radius 2 is 1.27 bits per heavy atom. The summed E-state index contributed by atoms with van der Waals surface area (Å²) < 4.78 is 0. The molecule has 0 saturated heterocycles. The van der Waals surface area contributed by atoms with Gasteiger partial charge in [-0.3, -0.25) is 0 Å². The Morgan fingerprint density at radius 1 is 0.731 bits per heavy atom. The predicted molar refractivity (Wildman–Crippen MR) is 115 cm³/mol. The van der Waals surface area contributed by atoms with Gasteiger partial charge in [-0.15, -0.1) is 42.6 Å². The molecule has 26 heavy (non-hydrogen) atoms. The third-order valence-corrected chi connectivity index (χ3v) is 5.98. The first-order valence-electron chi connectivity index (χ1n) is 8.17. The van der Waals surface area contributed by atoms with Gasteiger partial charge < -0.3 is 0 Å². The maximum absolute atomic E-state index is 4.89. The van der Waals surface area contributed by atoms with Crippen LogP contribution in [0, 0.1) is 0 Å². The van der Waals surface area contributed by atoms with E-state index in [0.717, 1.165) is 0 Å². The van der Waals surface area contributed by atoms with Gasteiger partial charge in [0.25, 0.3) is 0 Å². The molecule has 0 nitrogen and oxygen atoms in total. The van der Waals surface area contributed by atoms with Gasteiger partial charge in [0.05, 0.1) is 0 Å². The Kier molecular flexibility index (Phi) is 7.62. The van der Waals surface area contributed by atoms with Gasteiger partial charge in [-0.2, -0.15) is 24.3 Å². The Labute approximate surface area is 171 Å². The van der Waals surface area contributed by atoms with Crippen molar-refractivity contribution in [3.05, 3.63) is 103 Å². The van der Waals surface area contributed by atoms with Crippen LogP contribution in [0.5, 0.6) is 0 Å². The van der Waals surface area contributed by atoms with Crippen LogP contribution in [0.25, 0.3) is 26.8 Å². The van der Waals surface area contributed by atoms with Gasteiger partial charge in [-0.1, -0.05) is 35.6 Å². The molecule has 4 aromatic carbocycles. The van der Waals surface area contributed by atoms with E-state index in [2.05, 4.69) is 72.3 Å². The van der Waals surface area contributed by atoms with Gasteiger partial charge >= 0.3 is 35.6 Å². The third kappa shape index (κ3) is 5.13. The van der Waals surface area contributed by atoms with Gasteiger partial charge in [0, 0.05) is 0 Å². The fraction of sp³-hybridized carbons (Fsp3) is 0. The van der Waals surface area contributed by atoms with Crippen molar-refractivity contribution in [3.8, 4) is 5.30 Å². The molecular formula is C22H17Cl2PTi-2. The summed E-state index contributed by atoms with van der Waals surface area (Å²) in [6, 6.07) is 31.9. The standard InChI is InChI=1S/C17H12P.C5H5.2ClH.Ti/c1-2-6-14-10-17(9-13(14)5-1)18-11-15-7-3-4-8-16(15)12-18;1-2-4-5-3-1;;;/h1-12H;1-5H;2*1H;/q2*-1;;;+2/p-2. The molecule has 5 rings (SSSR count). The van der Waals surface area contributed by atoms with E-state index in [1.54, 1.807) is 0 Å². The SMILES string of the molecule is [Cl][Ti][Cl].c1cc[cH-]c1.c1ccc2cp(-c3cc4ccccc4[cH-]3)cc2c1. The molecule has 0 spiro atoms. The Bertz CT molecular complexity index is 889. The van der Waals surface area contributed by atoms with E-state index in [-0.39, 0.29) is 7.53 Å². The zero-order chi connectivity index (χ0) is 18.2. The molecule has 4 heteroatoms. The van der Waals surface area contributed by atoms with E-state index in [0.29, 0.717) is 0 Å². The van der Waals surface area contributed by atoms with E-state index in [1.165, 1.54) is 26.8 Å². The smallest absolute Gasteiger partial charge is 0.0138 e. The normalized spacial score (nSPS) is 9.92. The Hall–Kier alpha value is -1.27. The number of hydrogen-bond acceptors (Lipinski definition) is 0. The van der Waals surface area contributed by atoms with Crippen LogP contribution in [0.3, 0.4) is 0 Å². The largest absolute Gasteiger partial charge is 0.214 e. The molecule has 130 valence electrons. The predicted octanol–water partition coefficient (Wildman–Crippen LogP) is 8.47. The van der Waals surface area contributed by atoms with E-state index in [4.69, 9.17) is 18.6 Å². The molecule has 0 saturated carbocycles. The van der Waals surface area contributed by atoms with Crippen molar-refractivity contribution in [3.63, 3.8) is 0 Å². The molecule has 0 amide bonds. The number of halogens is 2. The second-order valence-electron chi connectivity index (χ2n) is 5.67. The van der Waals surface area contributed by atoms with Crippen LogP contribution >= 0.6 is 26.1 Å². The summed E-state index contributed by atoms with van der Waals surface area (Å²) in [4.78, 5) is 0. The molecule has 0 fully saturated rings. The van der Waals surface area contributed by atoms with Gasteiger partial charge in [0.2, 0.25) is 0 Å². The molecule has 5 aromatic rings. The van der Waals surface area contributed by atoms with E-state index < -0.39 is 17.0 Å². The molecule has 0 atom stereocenters. The van der Waals surface area contributed by atoms with Crippen LogP contribution in [-0.2, 0) is 17.0 Å². The second kappa shape index (κ2) is 10.2. The molecule has 0 bridgehead atoms. The summed E-state index contributed by atoms with van der Waals surface area (Å²) >= 11 is -0.556. The molecule has 0 unspecified atom stereocenters.